The van der Waals surface area contributed by atoms with E-state index in [2.05, 4.69) is 24.1 Å². The maximum atomic E-state index is 5.28. The number of rotatable bonds is 6. The molecule has 0 aromatic carbocycles. The molecule has 3 unspecified atom stereocenters. The molecule has 1 heterocycles. The average Bonchev–Trinajstić information content (AvgIpc) is 3.28. The van der Waals surface area contributed by atoms with Gasteiger partial charge in [0.15, 0.2) is 0 Å². The van der Waals surface area contributed by atoms with Crippen molar-refractivity contribution in [1.29, 1.82) is 0 Å². The number of methoxy groups -OCH3 is 1. The van der Waals surface area contributed by atoms with Crippen molar-refractivity contribution in [3.8, 4) is 0 Å². The summed E-state index contributed by atoms with van der Waals surface area (Å²) in [5, 5.41) is 3.90. The molecule has 110 valence electrons. The minimum atomic E-state index is 0.368. The molecular formula is C16H30N2O. The fourth-order valence-electron chi connectivity index (χ4n) is 3.86. The molecular weight excluding hydrogens is 236 g/mol. The van der Waals surface area contributed by atoms with E-state index in [-0.39, 0.29) is 0 Å². The lowest BCUT2D eigenvalue weighted by atomic mass is 9.88. The molecule has 0 radical (unpaired) electrons. The van der Waals surface area contributed by atoms with E-state index in [4.69, 9.17) is 4.74 Å². The highest BCUT2D eigenvalue weighted by atomic mass is 16.5. The predicted octanol–water partition coefficient (Wildman–Crippen LogP) is 2.26. The van der Waals surface area contributed by atoms with E-state index >= 15 is 0 Å². The summed E-state index contributed by atoms with van der Waals surface area (Å²) in [6.45, 7) is 8.18. The molecule has 3 heteroatoms. The van der Waals surface area contributed by atoms with E-state index in [1.165, 1.54) is 45.2 Å². The number of hydrogen-bond acceptors (Lipinski definition) is 3. The topological polar surface area (TPSA) is 24.5 Å². The zero-order valence-electron chi connectivity index (χ0n) is 12.8. The van der Waals surface area contributed by atoms with Gasteiger partial charge in [-0.25, -0.2) is 0 Å². The van der Waals surface area contributed by atoms with Crippen molar-refractivity contribution >= 4 is 0 Å². The van der Waals surface area contributed by atoms with Crippen LogP contribution in [0.3, 0.4) is 0 Å². The molecule has 2 saturated carbocycles. The van der Waals surface area contributed by atoms with E-state index in [0.717, 1.165) is 24.5 Å². The van der Waals surface area contributed by atoms with Crippen molar-refractivity contribution in [3.05, 3.63) is 0 Å². The molecule has 3 nitrogen and oxygen atoms in total. The van der Waals surface area contributed by atoms with Crippen LogP contribution in [0.25, 0.3) is 0 Å². The Morgan fingerprint density at radius 3 is 2.63 bits per heavy atom. The Morgan fingerprint density at radius 1 is 1.32 bits per heavy atom. The number of ether oxygens (including phenoxy) is 1. The number of nitrogens with one attached hydrogen (secondary N) is 1. The third-order valence-corrected chi connectivity index (χ3v) is 5.60. The van der Waals surface area contributed by atoms with Gasteiger partial charge in [-0.3, -0.25) is 4.90 Å². The summed E-state index contributed by atoms with van der Waals surface area (Å²) in [7, 11) is 1.82. The fourth-order valence-corrected chi connectivity index (χ4v) is 3.86. The van der Waals surface area contributed by atoms with Gasteiger partial charge in [0, 0.05) is 44.4 Å². The monoisotopic (exact) mass is 266 g/mol. The highest BCUT2D eigenvalue weighted by Crippen LogP contribution is 2.44. The largest absolute Gasteiger partial charge is 0.385 e. The van der Waals surface area contributed by atoms with Crippen molar-refractivity contribution < 1.29 is 4.74 Å². The lowest BCUT2D eigenvalue weighted by Gasteiger charge is -2.49. The molecule has 1 saturated heterocycles. The Hall–Kier alpha value is -0.120. The van der Waals surface area contributed by atoms with E-state index in [9.17, 15) is 0 Å². The lowest BCUT2D eigenvalue weighted by molar-refractivity contribution is 0.0230. The van der Waals surface area contributed by atoms with Gasteiger partial charge < -0.3 is 10.1 Å². The Labute approximate surface area is 118 Å². The molecule has 3 aliphatic rings. The van der Waals surface area contributed by atoms with E-state index < -0.39 is 0 Å². The second-order valence-corrected chi connectivity index (χ2v) is 7.28. The predicted molar refractivity (Wildman–Crippen MR) is 78.3 cm³/mol. The first-order valence-corrected chi connectivity index (χ1v) is 8.14. The SMILES string of the molecule is COCCC(C)N1CC(C)(C2CC2)NCC1C1CC1. The molecule has 1 N–H and O–H groups in total. The van der Waals surface area contributed by atoms with Crippen molar-refractivity contribution in [2.45, 2.75) is 63.6 Å². The molecule has 2 aliphatic carbocycles. The Kier molecular flexibility index (Phi) is 3.89. The van der Waals surface area contributed by atoms with Crippen LogP contribution in [-0.4, -0.2) is 49.3 Å². The van der Waals surface area contributed by atoms with Gasteiger partial charge in [0.05, 0.1) is 0 Å². The maximum absolute atomic E-state index is 5.28. The maximum Gasteiger partial charge on any atom is 0.0477 e. The lowest BCUT2D eigenvalue weighted by Crippen LogP contribution is -2.66. The molecule has 0 amide bonds. The zero-order chi connectivity index (χ0) is 13.5. The van der Waals surface area contributed by atoms with Gasteiger partial charge in [-0.1, -0.05) is 0 Å². The average molecular weight is 266 g/mol. The molecule has 3 rings (SSSR count). The summed E-state index contributed by atoms with van der Waals surface area (Å²) in [5.74, 6) is 1.88. The first-order chi connectivity index (χ1) is 9.14. The van der Waals surface area contributed by atoms with Gasteiger partial charge in [-0.15, -0.1) is 0 Å². The number of hydrogen-bond donors (Lipinski definition) is 1. The van der Waals surface area contributed by atoms with Crippen molar-refractivity contribution in [2.24, 2.45) is 11.8 Å². The first kappa shape index (κ1) is 13.8. The molecule has 3 atom stereocenters. The van der Waals surface area contributed by atoms with Crippen LogP contribution in [0.15, 0.2) is 0 Å². The van der Waals surface area contributed by atoms with Crippen LogP contribution in [0.5, 0.6) is 0 Å². The van der Waals surface area contributed by atoms with Crippen LogP contribution in [0, 0.1) is 11.8 Å². The second-order valence-electron chi connectivity index (χ2n) is 7.28. The van der Waals surface area contributed by atoms with Gasteiger partial charge in [-0.2, -0.15) is 0 Å². The van der Waals surface area contributed by atoms with Crippen LogP contribution in [0.2, 0.25) is 0 Å². The Bertz CT molecular complexity index is 314. The molecule has 0 spiro atoms. The van der Waals surface area contributed by atoms with Crippen LogP contribution in [0.4, 0.5) is 0 Å². The highest BCUT2D eigenvalue weighted by Gasteiger charge is 2.49. The van der Waals surface area contributed by atoms with Crippen molar-refractivity contribution in [3.63, 3.8) is 0 Å². The van der Waals surface area contributed by atoms with Gasteiger partial charge in [0.25, 0.3) is 0 Å². The minimum Gasteiger partial charge on any atom is -0.385 e. The molecule has 19 heavy (non-hydrogen) atoms. The number of nitrogens with zero attached hydrogens (tertiary/aromatic N) is 1. The van der Waals surface area contributed by atoms with Crippen LogP contribution in [0.1, 0.15) is 46.0 Å². The van der Waals surface area contributed by atoms with E-state index in [1.54, 1.807) is 0 Å². The third kappa shape index (κ3) is 2.98. The summed E-state index contributed by atoms with van der Waals surface area (Å²) >= 11 is 0. The standard InChI is InChI=1S/C16H30N2O/c1-12(8-9-19-3)18-11-16(2,14-6-7-14)17-10-15(18)13-4-5-13/h12-15,17H,4-11H2,1-3H3. The van der Waals surface area contributed by atoms with Crippen LogP contribution >= 0.6 is 0 Å². The fraction of sp³-hybridized carbons (Fsp3) is 1.00. The summed E-state index contributed by atoms with van der Waals surface area (Å²) in [6, 6.07) is 1.43. The minimum absolute atomic E-state index is 0.368. The van der Waals surface area contributed by atoms with Gasteiger partial charge in [-0.05, 0) is 57.8 Å². The Morgan fingerprint density at radius 2 is 2.05 bits per heavy atom. The van der Waals surface area contributed by atoms with Gasteiger partial charge in [0.1, 0.15) is 0 Å². The molecule has 0 bridgehead atoms. The van der Waals surface area contributed by atoms with Crippen LogP contribution < -0.4 is 5.32 Å². The first-order valence-electron chi connectivity index (χ1n) is 8.14. The quantitative estimate of drug-likeness (QED) is 0.798. The van der Waals surface area contributed by atoms with Crippen LogP contribution in [-0.2, 0) is 4.74 Å². The summed E-state index contributed by atoms with van der Waals surface area (Å²) < 4.78 is 5.28. The molecule has 0 aromatic rings. The van der Waals surface area contributed by atoms with Gasteiger partial charge >= 0.3 is 0 Å². The number of piperazine rings is 1. The van der Waals surface area contributed by atoms with E-state index in [0.29, 0.717) is 11.6 Å². The molecule has 1 aliphatic heterocycles. The van der Waals surface area contributed by atoms with Crippen molar-refractivity contribution in [2.75, 3.05) is 26.8 Å². The summed E-state index contributed by atoms with van der Waals surface area (Å²) in [4.78, 5) is 2.81. The smallest absolute Gasteiger partial charge is 0.0477 e. The normalized spacial score (nSPS) is 38.4. The van der Waals surface area contributed by atoms with E-state index in [1.807, 2.05) is 7.11 Å². The van der Waals surface area contributed by atoms with Gasteiger partial charge in [0.2, 0.25) is 0 Å². The third-order valence-electron chi connectivity index (χ3n) is 5.60. The van der Waals surface area contributed by atoms with Crippen molar-refractivity contribution in [1.82, 2.24) is 10.2 Å². The summed E-state index contributed by atoms with van der Waals surface area (Å²) in [5.41, 5.74) is 0.368. The highest BCUT2D eigenvalue weighted by molar-refractivity contribution is 5.07. The summed E-state index contributed by atoms with van der Waals surface area (Å²) in [6.07, 6.45) is 6.91. The molecule has 0 aromatic heterocycles. The Balaban J connectivity index is 1.66. The molecule has 3 fully saturated rings. The zero-order valence-corrected chi connectivity index (χ0v) is 12.8. The second kappa shape index (κ2) is 5.34.